The third-order valence-electron chi connectivity index (χ3n) is 5.68. The molecule has 0 radical (unpaired) electrons. The zero-order valence-corrected chi connectivity index (χ0v) is 19.7. The highest BCUT2D eigenvalue weighted by molar-refractivity contribution is 7.99. The van der Waals surface area contributed by atoms with Crippen molar-refractivity contribution in [2.45, 2.75) is 30.5 Å². The fourth-order valence-electron chi connectivity index (χ4n) is 3.93. The molecule has 0 aliphatic heterocycles. The van der Waals surface area contributed by atoms with E-state index in [2.05, 4.69) is 39.8 Å². The monoisotopic (exact) mass is 472 g/mol. The van der Waals surface area contributed by atoms with E-state index in [0.717, 1.165) is 18.4 Å². The summed E-state index contributed by atoms with van der Waals surface area (Å²) < 4.78 is 1.59. The van der Waals surface area contributed by atoms with Gasteiger partial charge in [0.05, 0.1) is 5.75 Å². The topological polar surface area (TPSA) is 79.8 Å². The molecule has 0 atom stereocenters. The van der Waals surface area contributed by atoms with E-state index >= 15 is 0 Å². The minimum atomic E-state index is -0.257. The van der Waals surface area contributed by atoms with Gasteiger partial charge in [0, 0.05) is 19.0 Å². The van der Waals surface area contributed by atoms with Gasteiger partial charge < -0.3 is 5.32 Å². The molecular weight excluding hydrogens is 444 g/mol. The highest BCUT2D eigenvalue weighted by atomic mass is 32.2. The van der Waals surface area contributed by atoms with Gasteiger partial charge in [-0.3, -0.25) is 9.36 Å². The third kappa shape index (κ3) is 6.48. The predicted octanol–water partition coefficient (Wildman–Crippen LogP) is 4.24. The van der Waals surface area contributed by atoms with Gasteiger partial charge in [0.1, 0.15) is 0 Å². The molecule has 3 aromatic carbocycles. The molecule has 2 N–H and O–H groups in total. The normalized spacial score (nSPS) is 11.0. The van der Waals surface area contributed by atoms with Gasteiger partial charge in [-0.05, 0) is 29.5 Å². The van der Waals surface area contributed by atoms with Crippen LogP contribution in [-0.2, 0) is 17.8 Å². The summed E-state index contributed by atoms with van der Waals surface area (Å²) in [5, 5.41) is 10.1. The summed E-state index contributed by atoms with van der Waals surface area (Å²) in [6, 6.07) is 30.7. The van der Waals surface area contributed by atoms with E-state index in [1.54, 1.807) is 4.57 Å². The van der Waals surface area contributed by atoms with Crippen molar-refractivity contribution in [2.75, 3.05) is 12.3 Å². The van der Waals surface area contributed by atoms with E-state index in [0.29, 0.717) is 18.2 Å². The second-order valence-electron chi connectivity index (χ2n) is 8.00. The summed E-state index contributed by atoms with van der Waals surface area (Å²) in [6.45, 7) is 1.08. The van der Waals surface area contributed by atoms with Crippen molar-refractivity contribution in [3.63, 3.8) is 0 Å². The molecule has 0 fully saturated rings. The number of aromatic nitrogens is 3. The number of hydrogen-bond acceptors (Lipinski definition) is 4. The number of nitrogens with one attached hydrogen (secondary N) is 2. The van der Waals surface area contributed by atoms with Gasteiger partial charge in [-0.25, -0.2) is 9.89 Å². The molecule has 0 unspecified atom stereocenters. The fraction of sp³-hybridized carbons (Fsp3) is 0.222. The molecular formula is C27H28N4O2S. The zero-order chi connectivity index (χ0) is 23.6. The molecule has 0 bridgehead atoms. The van der Waals surface area contributed by atoms with Crippen LogP contribution in [0.15, 0.2) is 101 Å². The van der Waals surface area contributed by atoms with Crippen molar-refractivity contribution < 1.29 is 4.79 Å². The summed E-state index contributed by atoms with van der Waals surface area (Å²) in [4.78, 5) is 24.7. The van der Waals surface area contributed by atoms with Gasteiger partial charge in [0.2, 0.25) is 5.91 Å². The molecule has 1 heterocycles. The first kappa shape index (κ1) is 23.6. The first-order valence-electron chi connectivity index (χ1n) is 11.4. The average molecular weight is 473 g/mol. The van der Waals surface area contributed by atoms with Gasteiger partial charge in [0.15, 0.2) is 5.16 Å². The third-order valence-corrected chi connectivity index (χ3v) is 6.66. The SMILES string of the molecule is O=C(CSc1n[nH]c(=O)n1CCc1ccccc1)NCCC(c1ccccc1)c1ccccc1. The number of carbonyl (C=O) groups excluding carboxylic acids is 1. The lowest BCUT2D eigenvalue weighted by atomic mass is 9.88. The van der Waals surface area contributed by atoms with Crippen molar-refractivity contribution in [3.05, 3.63) is 118 Å². The van der Waals surface area contributed by atoms with Crippen molar-refractivity contribution in [1.82, 2.24) is 20.1 Å². The largest absolute Gasteiger partial charge is 0.355 e. The molecule has 1 amide bonds. The van der Waals surface area contributed by atoms with Crippen LogP contribution in [0.1, 0.15) is 29.0 Å². The van der Waals surface area contributed by atoms with Gasteiger partial charge in [-0.2, -0.15) is 0 Å². The number of rotatable bonds is 11. The minimum absolute atomic E-state index is 0.0741. The van der Waals surface area contributed by atoms with Crippen molar-refractivity contribution in [1.29, 1.82) is 0 Å². The first-order valence-corrected chi connectivity index (χ1v) is 12.4. The molecule has 0 aliphatic carbocycles. The Balaban J connectivity index is 1.29. The zero-order valence-electron chi connectivity index (χ0n) is 18.9. The molecule has 4 aromatic rings. The maximum atomic E-state index is 12.5. The molecule has 4 rings (SSSR count). The Morgan fingerprint density at radius 1 is 0.912 bits per heavy atom. The maximum Gasteiger partial charge on any atom is 0.343 e. The lowest BCUT2D eigenvalue weighted by molar-refractivity contribution is -0.118. The standard InChI is InChI=1S/C27H28N4O2S/c32-25(20-34-27-30-29-26(33)31(27)19-17-21-10-4-1-5-11-21)28-18-16-24(22-12-6-2-7-13-22)23-14-8-3-9-15-23/h1-15,24H,16-20H2,(H,28,32)(H,29,33). The molecule has 34 heavy (non-hydrogen) atoms. The van der Waals surface area contributed by atoms with Crippen molar-refractivity contribution in [3.8, 4) is 0 Å². The van der Waals surface area contributed by atoms with Gasteiger partial charge in [-0.15, -0.1) is 5.10 Å². The van der Waals surface area contributed by atoms with Crippen molar-refractivity contribution >= 4 is 17.7 Å². The van der Waals surface area contributed by atoms with Gasteiger partial charge in [-0.1, -0.05) is 103 Å². The van der Waals surface area contributed by atoms with Gasteiger partial charge in [0.25, 0.3) is 0 Å². The summed E-state index contributed by atoms with van der Waals surface area (Å²) in [5.74, 6) is 0.344. The van der Waals surface area contributed by atoms with Crippen molar-refractivity contribution in [2.24, 2.45) is 0 Å². The molecule has 6 nitrogen and oxygen atoms in total. The van der Waals surface area contributed by atoms with E-state index in [1.165, 1.54) is 22.9 Å². The van der Waals surface area contributed by atoms with Crippen LogP contribution in [0.3, 0.4) is 0 Å². The number of nitrogens with zero attached hydrogens (tertiary/aromatic N) is 2. The number of carbonyl (C=O) groups is 1. The summed E-state index contributed by atoms with van der Waals surface area (Å²) in [6.07, 6.45) is 1.52. The number of benzene rings is 3. The van der Waals surface area contributed by atoms with Crippen LogP contribution in [0.5, 0.6) is 0 Å². The predicted molar refractivity (Wildman–Crippen MR) is 136 cm³/mol. The lowest BCUT2D eigenvalue weighted by Gasteiger charge is -2.18. The second kappa shape index (κ2) is 12.0. The molecule has 0 aliphatic rings. The lowest BCUT2D eigenvalue weighted by Crippen LogP contribution is -2.27. The number of thioether (sulfide) groups is 1. The van der Waals surface area contributed by atoms with E-state index < -0.39 is 0 Å². The number of H-pyrrole nitrogens is 1. The average Bonchev–Trinajstić information content (AvgIpc) is 3.25. The molecule has 0 spiro atoms. The molecule has 0 saturated heterocycles. The number of aryl methyl sites for hydroxylation is 1. The molecule has 7 heteroatoms. The second-order valence-corrected chi connectivity index (χ2v) is 8.94. The van der Waals surface area contributed by atoms with Crippen LogP contribution >= 0.6 is 11.8 Å². The van der Waals surface area contributed by atoms with E-state index in [4.69, 9.17) is 0 Å². The highest BCUT2D eigenvalue weighted by Crippen LogP contribution is 2.27. The summed E-state index contributed by atoms with van der Waals surface area (Å²) in [7, 11) is 0. The Kier molecular flexibility index (Phi) is 8.35. The maximum absolute atomic E-state index is 12.5. The quantitative estimate of drug-likeness (QED) is 0.320. The summed E-state index contributed by atoms with van der Waals surface area (Å²) >= 11 is 1.27. The smallest absolute Gasteiger partial charge is 0.343 e. The van der Waals surface area contributed by atoms with Crippen LogP contribution in [0.2, 0.25) is 0 Å². The van der Waals surface area contributed by atoms with Crippen LogP contribution in [0.4, 0.5) is 0 Å². The summed E-state index contributed by atoms with van der Waals surface area (Å²) in [5.41, 5.74) is 3.36. The fourth-order valence-corrected chi connectivity index (χ4v) is 4.73. The van der Waals surface area contributed by atoms with Crippen LogP contribution < -0.4 is 11.0 Å². The van der Waals surface area contributed by atoms with Crippen LogP contribution in [0.25, 0.3) is 0 Å². The molecule has 174 valence electrons. The highest BCUT2D eigenvalue weighted by Gasteiger charge is 2.15. The first-order chi connectivity index (χ1) is 16.7. The van der Waals surface area contributed by atoms with E-state index in [-0.39, 0.29) is 23.3 Å². The van der Waals surface area contributed by atoms with Crippen LogP contribution in [0, 0.1) is 0 Å². The van der Waals surface area contributed by atoms with Gasteiger partial charge >= 0.3 is 5.69 Å². The Labute approximate surface area is 203 Å². The Morgan fingerprint density at radius 2 is 1.50 bits per heavy atom. The van der Waals surface area contributed by atoms with E-state index in [1.807, 2.05) is 66.7 Å². The number of hydrogen-bond donors (Lipinski definition) is 2. The number of aromatic amines is 1. The molecule has 0 saturated carbocycles. The Bertz CT molecular complexity index is 1180. The Hall–Kier alpha value is -3.58. The number of amides is 1. The van der Waals surface area contributed by atoms with Crippen LogP contribution in [-0.4, -0.2) is 33.0 Å². The molecule has 1 aromatic heterocycles. The van der Waals surface area contributed by atoms with E-state index in [9.17, 15) is 9.59 Å². The minimum Gasteiger partial charge on any atom is -0.355 e. The Morgan fingerprint density at radius 3 is 2.12 bits per heavy atom.